The molecular weight excluding hydrogens is 1020 g/mol. The number of carbonyl (C=O) groups excluding carboxylic acids is 3. The van der Waals surface area contributed by atoms with Crippen LogP contribution >= 0.6 is 0 Å². The number of ether oxygens (including phenoxy) is 3. The predicted octanol–water partition coefficient (Wildman–Crippen LogP) is 23.4. The van der Waals surface area contributed by atoms with Crippen LogP contribution in [0.15, 0.2) is 170 Å². The summed E-state index contributed by atoms with van der Waals surface area (Å²) in [6.45, 7) is 6.33. The Bertz CT molecular complexity index is 1890. The molecule has 6 heteroatoms. The van der Waals surface area contributed by atoms with Gasteiger partial charge in [0.1, 0.15) is 13.2 Å². The summed E-state index contributed by atoms with van der Waals surface area (Å²) in [7, 11) is 0. The van der Waals surface area contributed by atoms with Crippen molar-refractivity contribution in [1.29, 1.82) is 0 Å². The molecule has 6 nitrogen and oxygen atoms in total. The minimum atomic E-state index is -0.837. The second kappa shape index (κ2) is 69.3. The maximum atomic E-state index is 12.9. The van der Waals surface area contributed by atoms with E-state index >= 15 is 0 Å². The highest BCUT2D eigenvalue weighted by atomic mass is 16.6. The maximum absolute atomic E-state index is 12.9. The number of hydrogen-bond acceptors (Lipinski definition) is 6. The molecular formula is C77H122O6. The first-order valence-corrected chi connectivity index (χ1v) is 33.6. The Morgan fingerprint density at radius 1 is 0.253 bits per heavy atom. The smallest absolute Gasteiger partial charge is 0.306 e. The molecule has 0 saturated carbocycles. The first kappa shape index (κ1) is 77.8. The van der Waals surface area contributed by atoms with Crippen molar-refractivity contribution in [2.45, 2.75) is 284 Å². The molecule has 0 aromatic carbocycles. The average Bonchev–Trinajstić information content (AvgIpc) is 3.49. The molecule has 1 atom stereocenters. The largest absolute Gasteiger partial charge is 0.462 e. The zero-order valence-electron chi connectivity index (χ0n) is 53.4. The molecule has 1 unspecified atom stereocenters. The van der Waals surface area contributed by atoms with Gasteiger partial charge in [-0.3, -0.25) is 14.4 Å². The van der Waals surface area contributed by atoms with Gasteiger partial charge in [-0.05, 0) is 148 Å². The zero-order chi connectivity index (χ0) is 59.9. The number of allylic oxidation sites excluding steroid dienone is 28. The number of hydrogen-bond donors (Lipinski definition) is 0. The third kappa shape index (κ3) is 67.4. The van der Waals surface area contributed by atoms with E-state index in [0.717, 1.165) is 122 Å². The van der Waals surface area contributed by atoms with Crippen LogP contribution in [0.5, 0.6) is 0 Å². The predicted molar refractivity (Wildman–Crippen MR) is 361 cm³/mol. The summed E-state index contributed by atoms with van der Waals surface area (Å²) >= 11 is 0. The van der Waals surface area contributed by atoms with E-state index in [0.29, 0.717) is 19.3 Å². The van der Waals surface area contributed by atoms with Gasteiger partial charge in [-0.2, -0.15) is 0 Å². The van der Waals surface area contributed by atoms with Crippen molar-refractivity contribution in [2.75, 3.05) is 13.2 Å². The van der Waals surface area contributed by atoms with Gasteiger partial charge in [0.15, 0.2) is 6.10 Å². The van der Waals surface area contributed by atoms with Crippen LogP contribution in [0, 0.1) is 0 Å². The minimum Gasteiger partial charge on any atom is -0.462 e. The number of carbonyl (C=O) groups is 3. The highest BCUT2D eigenvalue weighted by Gasteiger charge is 2.19. The summed E-state index contributed by atoms with van der Waals surface area (Å²) in [4.78, 5) is 38.4. The van der Waals surface area contributed by atoms with Crippen molar-refractivity contribution in [3.05, 3.63) is 170 Å². The third-order valence-corrected chi connectivity index (χ3v) is 13.7. The van der Waals surface area contributed by atoms with E-state index in [1.54, 1.807) is 0 Å². The molecule has 0 aliphatic rings. The summed E-state index contributed by atoms with van der Waals surface area (Å²) in [5.74, 6) is -1.03. The molecule has 0 N–H and O–H groups in total. The van der Waals surface area contributed by atoms with Gasteiger partial charge in [-0.15, -0.1) is 0 Å². The summed E-state index contributed by atoms with van der Waals surface area (Å²) in [6.07, 6.45) is 102. The lowest BCUT2D eigenvalue weighted by atomic mass is 10.1. The van der Waals surface area contributed by atoms with Crippen LogP contribution in [-0.2, 0) is 28.6 Å². The minimum absolute atomic E-state index is 0.122. The van der Waals surface area contributed by atoms with Gasteiger partial charge in [0.25, 0.3) is 0 Å². The standard InChI is InChI=1S/C77H122O6/c1-4-7-10-13-16-19-22-25-28-31-34-37-38-41-43-46-49-52-55-58-61-64-67-70-76(79)82-73-74(83-77(80)71-68-65-62-59-56-53-50-47-44-40-36-33-30-27-24-21-18-15-12-9-6-3)72-81-75(78)69-66-63-60-57-54-51-48-45-42-39-35-32-29-26-23-20-17-14-11-8-5-2/h7,9-10,12,16,18-19,21,25,27-28,30,32,34-37,40-41,43,47,49-50,52,56,58-59,61,74H,4-6,8,11,13-15,17,20,22-24,26,29,31,33,38-39,42,44-46,48,51,53-55,57,60,62-73H2,1-3H3/b10-7-,12-9-,19-16-,21-18-,28-25-,30-27-,35-32-,37-34-,40-36-,43-41-,50-47-,52-49-,59-56-,61-58-. The van der Waals surface area contributed by atoms with Crippen molar-refractivity contribution in [3.8, 4) is 0 Å². The molecule has 0 rings (SSSR count). The van der Waals surface area contributed by atoms with E-state index in [4.69, 9.17) is 14.2 Å². The van der Waals surface area contributed by atoms with E-state index < -0.39 is 6.10 Å². The van der Waals surface area contributed by atoms with Crippen LogP contribution in [0.3, 0.4) is 0 Å². The molecule has 0 aromatic heterocycles. The second-order valence-corrected chi connectivity index (χ2v) is 21.6. The highest BCUT2D eigenvalue weighted by molar-refractivity contribution is 5.71. The van der Waals surface area contributed by atoms with Gasteiger partial charge in [-0.1, -0.05) is 281 Å². The molecule has 83 heavy (non-hydrogen) atoms. The molecule has 0 radical (unpaired) electrons. The Morgan fingerprint density at radius 3 is 0.819 bits per heavy atom. The zero-order valence-corrected chi connectivity index (χ0v) is 53.4. The lowest BCUT2D eigenvalue weighted by Gasteiger charge is -2.18. The van der Waals surface area contributed by atoms with E-state index in [1.165, 1.54) is 103 Å². The highest BCUT2D eigenvalue weighted by Crippen LogP contribution is 2.15. The summed E-state index contributed by atoms with van der Waals surface area (Å²) < 4.78 is 16.9. The van der Waals surface area contributed by atoms with Gasteiger partial charge in [0.05, 0.1) is 0 Å². The van der Waals surface area contributed by atoms with Crippen LogP contribution in [0.1, 0.15) is 278 Å². The number of esters is 3. The number of rotatable bonds is 59. The summed E-state index contributed by atoms with van der Waals surface area (Å²) in [6, 6.07) is 0. The Labute approximate surface area is 511 Å². The lowest BCUT2D eigenvalue weighted by Crippen LogP contribution is -2.30. The fraction of sp³-hybridized carbons (Fsp3) is 0.597. The van der Waals surface area contributed by atoms with Gasteiger partial charge < -0.3 is 14.2 Å². The molecule has 0 aliphatic carbocycles. The third-order valence-electron chi connectivity index (χ3n) is 13.7. The Hall–Kier alpha value is -5.23. The van der Waals surface area contributed by atoms with Crippen molar-refractivity contribution >= 4 is 17.9 Å². The monoisotopic (exact) mass is 1140 g/mol. The molecule has 0 aliphatic heterocycles. The van der Waals surface area contributed by atoms with E-state index in [1.807, 2.05) is 0 Å². The topological polar surface area (TPSA) is 78.9 Å². The first-order valence-electron chi connectivity index (χ1n) is 33.6. The summed E-state index contributed by atoms with van der Waals surface area (Å²) in [5, 5.41) is 0. The lowest BCUT2D eigenvalue weighted by molar-refractivity contribution is -0.167. The second-order valence-electron chi connectivity index (χ2n) is 21.6. The van der Waals surface area contributed by atoms with Crippen LogP contribution in [-0.4, -0.2) is 37.2 Å². The van der Waals surface area contributed by atoms with E-state index in [-0.39, 0.29) is 44.0 Å². The molecule has 466 valence electrons. The molecule has 0 saturated heterocycles. The normalized spacial score (nSPS) is 13.2. The van der Waals surface area contributed by atoms with E-state index in [9.17, 15) is 14.4 Å². The molecule has 0 fully saturated rings. The average molecular weight is 1140 g/mol. The van der Waals surface area contributed by atoms with Crippen molar-refractivity contribution in [2.24, 2.45) is 0 Å². The Kier molecular flexibility index (Phi) is 64.9. The van der Waals surface area contributed by atoms with Crippen LogP contribution < -0.4 is 0 Å². The molecule has 0 spiro atoms. The van der Waals surface area contributed by atoms with Crippen LogP contribution in [0.4, 0.5) is 0 Å². The van der Waals surface area contributed by atoms with E-state index in [2.05, 4.69) is 191 Å². The molecule has 0 aromatic rings. The van der Waals surface area contributed by atoms with Crippen LogP contribution in [0.2, 0.25) is 0 Å². The quantitative estimate of drug-likeness (QED) is 0.0261. The first-order chi connectivity index (χ1) is 41.0. The van der Waals surface area contributed by atoms with Crippen molar-refractivity contribution < 1.29 is 28.6 Å². The molecule has 0 bridgehead atoms. The van der Waals surface area contributed by atoms with Crippen LogP contribution in [0.25, 0.3) is 0 Å². The molecule has 0 amide bonds. The maximum Gasteiger partial charge on any atom is 0.306 e. The SMILES string of the molecule is CC/C=C\C/C=C\C/C=C\C/C=C\C/C=C\C/C=C\C/C=C\CCCC(=O)OCC(COC(=O)CCCCCCCCCCC/C=C\CCCCCCCCCC)OC(=O)CCCC/C=C\C/C=C\C/C=C\C/C=C\C/C=C\C/C=C\CC. The van der Waals surface area contributed by atoms with Gasteiger partial charge >= 0.3 is 17.9 Å². The van der Waals surface area contributed by atoms with Crippen molar-refractivity contribution in [3.63, 3.8) is 0 Å². The van der Waals surface area contributed by atoms with Crippen molar-refractivity contribution in [1.82, 2.24) is 0 Å². The Balaban J connectivity index is 4.59. The van der Waals surface area contributed by atoms with Gasteiger partial charge in [-0.25, -0.2) is 0 Å². The molecule has 0 heterocycles. The van der Waals surface area contributed by atoms with Gasteiger partial charge in [0.2, 0.25) is 0 Å². The fourth-order valence-corrected chi connectivity index (χ4v) is 8.72. The number of unbranched alkanes of at least 4 members (excludes halogenated alkanes) is 20. The fourth-order valence-electron chi connectivity index (χ4n) is 8.72. The Morgan fingerprint density at radius 2 is 0.482 bits per heavy atom. The van der Waals surface area contributed by atoms with Gasteiger partial charge in [0, 0.05) is 19.3 Å². The summed E-state index contributed by atoms with van der Waals surface area (Å²) in [5.41, 5.74) is 0.